The van der Waals surface area contributed by atoms with Crippen LogP contribution in [0.2, 0.25) is 0 Å². The van der Waals surface area contributed by atoms with E-state index in [9.17, 15) is 14.5 Å². The van der Waals surface area contributed by atoms with Crippen LogP contribution in [0.4, 0.5) is 15.8 Å². The Balaban J connectivity index is 2.18. The summed E-state index contributed by atoms with van der Waals surface area (Å²) in [5.41, 5.74) is 1.33. The molecule has 2 aromatic rings. The number of nitro groups is 1. The summed E-state index contributed by atoms with van der Waals surface area (Å²) in [5.74, 6) is 0.152. The zero-order valence-electron chi connectivity index (χ0n) is 11.7. The first-order chi connectivity index (χ1) is 10.0. The Kier molecular flexibility index (Phi) is 4.37. The lowest BCUT2D eigenvalue weighted by molar-refractivity contribution is -0.384. The van der Waals surface area contributed by atoms with Crippen LogP contribution in [-0.2, 0) is 6.54 Å². The third kappa shape index (κ3) is 3.47. The molecule has 0 radical (unpaired) electrons. The van der Waals surface area contributed by atoms with Crippen LogP contribution in [0.15, 0.2) is 36.4 Å². The van der Waals surface area contributed by atoms with Crippen LogP contribution in [0, 0.1) is 22.9 Å². The molecular weight excluding hydrogens is 275 g/mol. The van der Waals surface area contributed by atoms with Crippen molar-refractivity contribution in [3.63, 3.8) is 0 Å². The minimum atomic E-state index is -0.598. The zero-order chi connectivity index (χ0) is 15.4. The molecule has 6 heteroatoms. The Morgan fingerprint density at radius 3 is 2.52 bits per heavy atom. The molecule has 0 atom stereocenters. The van der Waals surface area contributed by atoms with Gasteiger partial charge in [-0.05, 0) is 36.2 Å². The van der Waals surface area contributed by atoms with Gasteiger partial charge in [0.05, 0.1) is 18.1 Å². The molecule has 0 aliphatic carbocycles. The molecule has 21 heavy (non-hydrogen) atoms. The summed E-state index contributed by atoms with van der Waals surface area (Å²) in [6.07, 6.45) is 0. The number of nitro benzene ring substituents is 1. The van der Waals surface area contributed by atoms with Crippen molar-refractivity contribution >= 4 is 11.4 Å². The molecule has 0 unspecified atom stereocenters. The summed E-state index contributed by atoms with van der Waals surface area (Å²) >= 11 is 0. The van der Waals surface area contributed by atoms with Crippen LogP contribution in [0.5, 0.6) is 5.75 Å². The molecule has 0 aromatic heterocycles. The second kappa shape index (κ2) is 6.21. The summed E-state index contributed by atoms with van der Waals surface area (Å²) in [6, 6.07) is 9.70. The zero-order valence-corrected chi connectivity index (χ0v) is 11.7. The molecule has 0 spiro atoms. The number of nitrogens with one attached hydrogen (secondary N) is 1. The van der Waals surface area contributed by atoms with Gasteiger partial charge in [0.15, 0.2) is 0 Å². The molecular formula is C15H15FN2O3. The van der Waals surface area contributed by atoms with Crippen molar-refractivity contribution in [3.8, 4) is 5.75 Å². The Morgan fingerprint density at radius 2 is 1.95 bits per heavy atom. The Labute approximate surface area is 121 Å². The minimum Gasteiger partial charge on any atom is -0.497 e. The first kappa shape index (κ1) is 14.8. The number of ether oxygens (including phenoxy) is 1. The average Bonchev–Trinajstić information content (AvgIpc) is 2.48. The van der Waals surface area contributed by atoms with Gasteiger partial charge in [0.25, 0.3) is 5.69 Å². The van der Waals surface area contributed by atoms with E-state index in [0.717, 1.165) is 17.4 Å². The van der Waals surface area contributed by atoms with Crippen LogP contribution in [0.1, 0.15) is 11.1 Å². The first-order valence-corrected chi connectivity index (χ1v) is 6.32. The second-order valence-corrected chi connectivity index (χ2v) is 4.58. The molecule has 110 valence electrons. The molecule has 0 aliphatic rings. The van der Waals surface area contributed by atoms with Gasteiger partial charge in [-0.3, -0.25) is 10.1 Å². The third-order valence-corrected chi connectivity index (χ3v) is 3.12. The number of methoxy groups -OCH3 is 1. The van der Waals surface area contributed by atoms with Crippen molar-refractivity contribution < 1.29 is 14.1 Å². The molecule has 0 amide bonds. The highest BCUT2D eigenvalue weighted by Crippen LogP contribution is 2.28. The highest BCUT2D eigenvalue weighted by atomic mass is 19.1. The normalized spacial score (nSPS) is 10.2. The number of hydrogen-bond acceptors (Lipinski definition) is 4. The fourth-order valence-corrected chi connectivity index (χ4v) is 1.90. The van der Waals surface area contributed by atoms with Crippen molar-refractivity contribution in [1.29, 1.82) is 0 Å². The van der Waals surface area contributed by atoms with Gasteiger partial charge in [-0.25, -0.2) is 4.39 Å². The predicted molar refractivity (Wildman–Crippen MR) is 78.1 cm³/mol. The van der Waals surface area contributed by atoms with Crippen LogP contribution >= 0.6 is 0 Å². The molecule has 5 nitrogen and oxygen atoms in total. The third-order valence-electron chi connectivity index (χ3n) is 3.12. The van der Waals surface area contributed by atoms with E-state index in [4.69, 9.17) is 4.74 Å². The number of aryl methyl sites for hydroxylation is 1. The monoisotopic (exact) mass is 290 g/mol. The number of halogens is 1. The van der Waals surface area contributed by atoms with Crippen LogP contribution in [-0.4, -0.2) is 12.0 Å². The van der Waals surface area contributed by atoms with Gasteiger partial charge in [0.1, 0.15) is 17.3 Å². The maximum absolute atomic E-state index is 13.4. The van der Waals surface area contributed by atoms with E-state index in [1.54, 1.807) is 26.2 Å². The fraction of sp³-hybridized carbons (Fsp3) is 0.200. The van der Waals surface area contributed by atoms with Gasteiger partial charge >= 0.3 is 0 Å². The van der Waals surface area contributed by atoms with Gasteiger partial charge in [-0.1, -0.05) is 12.1 Å². The molecule has 0 bridgehead atoms. The molecule has 1 N–H and O–H groups in total. The summed E-state index contributed by atoms with van der Waals surface area (Å²) < 4.78 is 18.5. The Bertz CT molecular complexity index is 657. The van der Waals surface area contributed by atoms with Crippen LogP contribution < -0.4 is 10.1 Å². The van der Waals surface area contributed by atoms with E-state index in [-0.39, 0.29) is 5.69 Å². The van der Waals surface area contributed by atoms with E-state index in [0.29, 0.717) is 17.8 Å². The molecule has 0 fully saturated rings. The van der Waals surface area contributed by atoms with E-state index in [1.807, 2.05) is 12.1 Å². The number of anilines is 1. The van der Waals surface area contributed by atoms with Crippen molar-refractivity contribution in [3.05, 3.63) is 63.5 Å². The highest BCUT2D eigenvalue weighted by molar-refractivity contribution is 5.63. The van der Waals surface area contributed by atoms with Crippen molar-refractivity contribution in [1.82, 2.24) is 0 Å². The average molecular weight is 290 g/mol. The second-order valence-electron chi connectivity index (χ2n) is 4.58. The number of rotatable bonds is 5. The maximum atomic E-state index is 13.4. The molecule has 0 saturated carbocycles. The topological polar surface area (TPSA) is 64.4 Å². The van der Waals surface area contributed by atoms with Gasteiger partial charge in [-0.15, -0.1) is 0 Å². The summed E-state index contributed by atoms with van der Waals surface area (Å²) in [7, 11) is 1.58. The Hall–Kier alpha value is -2.63. The van der Waals surface area contributed by atoms with Gasteiger partial charge in [-0.2, -0.15) is 0 Å². The predicted octanol–water partition coefficient (Wildman–Crippen LogP) is 3.66. The van der Waals surface area contributed by atoms with E-state index < -0.39 is 10.7 Å². The highest BCUT2D eigenvalue weighted by Gasteiger charge is 2.16. The largest absolute Gasteiger partial charge is 0.497 e. The molecule has 0 aliphatic heterocycles. The number of nitrogens with zero attached hydrogens (tertiary/aromatic N) is 1. The summed E-state index contributed by atoms with van der Waals surface area (Å²) in [5, 5.41) is 13.9. The Morgan fingerprint density at radius 1 is 1.29 bits per heavy atom. The van der Waals surface area contributed by atoms with E-state index in [2.05, 4.69) is 5.32 Å². The van der Waals surface area contributed by atoms with Gasteiger partial charge in [0.2, 0.25) is 0 Å². The lowest BCUT2D eigenvalue weighted by Crippen LogP contribution is -2.04. The lowest BCUT2D eigenvalue weighted by Gasteiger charge is -2.09. The quantitative estimate of drug-likeness (QED) is 0.674. The van der Waals surface area contributed by atoms with Gasteiger partial charge in [0, 0.05) is 6.54 Å². The van der Waals surface area contributed by atoms with E-state index in [1.165, 1.54) is 6.07 Å². The standard InChI is InChI=1S/C15H15FN2O3/c1-10-7-14(15(18(19)20)8-13(10)16)17-9-11-3-5-12(21-2)6-4-11/h3-8,17H,9H2,1-2H3. The van der Waals surface area contributed by atoms with Gasteiger partial charge < -0.3 is 10.1 Å². The van der Waals surface area contributed by atoms with Crippen LogP contribution in [0.25, 0.3) is 0 Å². The molecule has 0 heterocycles. The summed E-state index contributed by atoms with van der Waals surface area (Å²) in [6.45, 7) is 1.97. The maximum Gasteiger partial charge on any atom is 0.295 e. The minimum absolute atomic E-state index is 0.272. The van der Waals surface area contributed by atoms with Crippen molar-refractivity contribution in [2.24, 2.45) is 0 Å². The lowest BCUT2D eigenvalue weighted by atomic mass is 10.1. The number of benzene rings is 2. The summed E-state index contributed by atoms with van der Waals surface area (Å²) in [4.78, 5) is 10.4. The van der Waals surface area contributed by atoms with Crippen molar-refractivity contribution in [2.75, 3.05) is 12.4 Å². The number of hydrogen-bond donors (Lipinski definition) is 1. The van der Waals surface area contributed by atoms with Crippen molar-refractivity contribution in [2.45, 2.75) is 13.5 Å². The first-order valence-electron chi connectivity index (χ1n) is 6.32. The smallest absolute Gasteiger partial charge is 0.295 e. The molecule has 0 saturated heterocycles. The van der Waals surface area contributed by atoms with E-state index >= 15 is 0 Å². The fourth-order valence-electron chi connectivity index (χ4n) is 1.90. The SMILES string of the molecule is COc1ccc(CNc2cc(C)c(F)cc2[N+](=O)[O-])cc1. The molecule has 2 aromatic carbocycles. The molecule has 2 rings (SSSR count). The van der Waals surface area contributed by atoms with Crippen LogP contribution in [0.3, 0.4) is 0 Å².